The zero-order valence-electron chi connectivity index (χ0n) is 12.3. The molecule has 1 aromatic rings. The lowest BCUT2D eigenvalue weighted by atomic mass is 9.98. The van der Waals surface area contributed by atoms with Gasteiger partial charge >= 0.3 is 0 Å². The fourth-order valence-electron chi connectivity index (χ4n) is 3.11. The van der Waals surface area contributed by atoms with Crippen LogP contribution in [-0.2, 0) is 22.6 Å². The van der Waals surface area contributed by atoms with Crippen molar-refractivity contribution in [2.45, 2.75) is 38.6 Å². The number of hydrogen-bond acceptors (Lipinski definition) is 3. The quantitative estimate of drug-likeness (QED) is 0.882. The maximum absolute atomic E-state index is 12.0. The average Bonchev–Trinajstić information content (AvgIpc) is 2.95. The summed E-state index contributed by atoms with van der Waals surface area (Å²) < 4.78 is 2.17. The molecule has 6 heteroatoms. The maximum Gasteiger partial charge on any atom is 0.239 e. The molecule has 0 aromatic carbocycles. The first-order chi connectivity index (χ1) is 10.2. The lowest BCUT2D eigenvalue weighted by molar-refractivity contribution is -0.137. The number of amides is 2. The van der Waals surface area contributed by atoms with E-state index in [0.717, 1.165) is 38.1 Å². The summed E-state index contributed by atoms with van der Waals surface area (Å²) in [6.45, 7) is 2.57. The summed E-state index contributed by atoms with van der Waals surface area (Å²) in [5.41, 5.74) is 0. The molecule has 1 fully saturated rings. The Balaban J connectivity index is 1.43. The van der Waals surface area contributed by atoms with Gasteiger partial charge in [-0.25, -0.2) is 4.98 Å². The fourth-order valence-corrected chi connectivity index (χ4v) is 3.11. The minimum atomic E-state index is -0.0424. The van der Waals surface area contributed by atoms with Crippen LogP contribution in [0.1, 0.15) is 31.5 Å². The van der Waals surface area contributed by atoms with E-state index in [0.29, 0.717) is 25.4 Å². The molecule has 2 aliphatic rings. The Labute approximate surface area is 124 Å². The fraction of sp³-hybridized carbons (Fsp3) is 0.667. The van der Waals surface area contributed by atoms with Gasteiger partial charge in [-0.2, -0.15) is 0 Å². The molecular weight excluding hydrogens is 268 g/mol. The highest BCUT2D eigenvalue weighted by Gasteiger charge is 2.22. The SMILES string of the molecule is O=C(CN1CCCCC1=O)NC[C@@H]1CCn2ccnc2C1. The molecule has 0 radical (unpaired) electrons. The highest BCUT2D eigenvalue weighted by atomic mass is 16.2. The first-order valence-corrected chi connectivity index (χ1v) is 7.77. The van der Waals surface area contributed by atoms with Crippen molar-refractivity contribution in [2.24, 2.45) is 5.92 Å². The number of nitrogens with one attached hydrogen (secondary N) is 1. The highest BCUT2D eigenvalue weighted by molar-refractivity contribution is 5.85. The molecule has 1 N–H and O–H groups in total. The first-order valence-electron chi connectivity index (χ1n) is 7.77. The summed E-state index contributed by atoms with van der Waals surface area (Å²) in [6.07, 6.45) is 8.35. The Morgan fingerprint density at radius 3 is 3.14 bits per heavy atom. The maximum atomic E-state index is 12.0. The predicted molar refractivity (Wildman–Crippen MR) is 77.5 cm³/mol. The lowest BCUT2D eigenvalue weighted by Crippen LogP contribution is -2.44. The van der Waals surface area contributed by atoms with Crippen molar-refractivity contribution in [2.75, 3.05) is 19.6 Å². The zero-order chi connectivity index (χ0) is 14.7. The number of carbonyl (C=O) groups excluding carboxylic acids is 2. The molecule has 2 aliphatic heterocycles. The molecule has 3 heterocycles. The van der Waals surface area contributed by atoms with Gasteiger partial charge in [0, 0.05) is 44.9 Å². The molecule has 0 unspecified atom stereocenters. The number of aromatic nitrogens is 2. The van der Waals surface area contributed by atoms with Crippen LogP contribution in [0.5, 0.6) is 0 Å². The monoisotopic (exact) mass is 290 g/mol. The predicted octanol–water partition coefficient (Wildman–Crippen LogP) is 0.574. The molecule has 6 nitrogen and oxygen atoms in total. The Morgan fingerprint density at radius 2 is 2.29 bits per heavy atom. The zero-order valence-corrected chi connectivity index (χ0v) is 12.3. The van der Waals surface area contributed by atoms with Gasteiger partial charge in [0.15, 0.2) is 0 Å². The topological polar surface area (TPSA) is 67.2 Å². The number of likely N-dealkylation sites (tertiary alicyclic amines) is 1. The van der Waals surface area contributed by atoms with E-state index in [-0.39, 0.29) is 18.4 Å². The summed E-state index contributed by atoms with van der Waals surface area (Å²) in [5.74, 6) is 1.61. The summed E-state index contributed by atoms with van der Waals surface area (Å²) >= 11 is 0. The summed E-state index contributed by atoms with van der Waals surface area (Å²) in [7, 11) is 0. The van der Waals surface area contributed by atoms with Crippen LogP contribution in [0, 0.1) is 5.92 Å². The molecule has 2 amide bonds. The third kappa shape index (κ3) is 3.43. The van der Waals surface area contributed by atoms with Gasteiger partial charge < -0.3 is 14.8 Å². The van der Waals surface area contributed by atoms with Gasteiger partial charge in [-0.15, -0.1) is 0 Å². The second-order valence-electron chi connectivity index (χ2n) is 5.97. The Hall–Kier alpha value is -1.85. The molecule has 1 aromatic heterocycles. The number of nitrogens with zero attached hydrogens (tertiary/aromatic N) is 3. The van der Waals surface area contributed by atoms with Crippen LogP contribution in [0.4, 0.5) is 0 Å². The van der Waals surface area contributed by atoms with E-state index in [4.69, 9.17) is 0 Å². The third-order valence-corrected chi connectivity index (χ3v) is 4.39. The number of carbonyl (C=O) groups is 2. The molecule has 0 bridgehead atoms. The van der Waals surface area contributed by atoms with Crippen LogP contribution in [0.25, 0.3) is 0 Å². The number of imidazole rings is 1. The third-order valence-electron chi connectivity index (χ3n) is 4.39. The smallest absolute Gasteiger partial charge is 0.239 e. The number of hydrogen-bond donors (Lipinski definition) is 1. The lowest BCUT2D eigenvalue weighted by Gasteiger charge is -2.27. The summed E-state index contributed by atoms with van der Waals surface area (Å²) in [4.78, 5) is 29.7. The van der Waals surface area contributed by atoms with Gasteiger partial charge in [0.2, 0.25) is 11.8 Å². The van der Waals surface area contributed by atoms with E-state index in [1.54, 1.807) is 4.90 Å². The number of fused-ring (bicyclic) bond motifs is 1. The molecule has 0 aliphatic carbocycles. The van der Waals surface area contributed by atoms with Crippen LogP contribution in [0.2, 0.25) is 0 Å². The average molecular weight is 290 g/mol. The van der Waals surface area contributed by atoms with Crippen molar-refractivity contribution in [1.82, 2.24) is 19.8 Å². The van der Waals surface area contributed by atoms with E-state index in [9.17, 15) is 9.59 Å². The van der Waals surface area contributed by atoms with Crippen LogP contribution < -0.4 is 5.32 Å². The van der Waals surface area contributed by atoms with Gasteiger partial charge in [-0.1, -0.05) is 0 Å². The largest absolute Gasteiger partial charge is 0.354 e. The molecule has 21 heavy (non-hydrogen) atoms. The highest BCUT2D eigenvalue weighted by Crippen LogP contribution is 2.18. The van der Waals surface area contributed by atoms with Crippen molar-refractivity contribution in [3.05, 3.63) is 18.2 Å². The Kier molecular flexibility index (Phi) is 4.22. The summed E-state index contributed by atoms with van der Waals surface area (Å²) in [6, 6.07) is 0. The summed E-state index contributed by atoms with van der Waals surface area (Å²) in [5, 5.41) is 2.97. The molecule has 0 saturated carbocycles. The van der Waals surface area contributed by atoms with Gasteiger partial charge in [0.25, 0.3) is 0 Å². The second-order valence-corrected chi connectivity index (χ2v) is 5.97. The van der Waals surface area contributed by atoms with E-state index in [2.05, 4.69) is 14.9 Å². The molecule has 114 valence electrons. The Morgan fingerprint density at radius 1 is 1.38 bits per heavy atom. The normalized spacial score (nSPS) is 22.0. The van der Waals surface area contributed by atoms with Crippen molar-refractivity contribution in [1.29, 1.82) is 0 Å². The molecule has 1 saturated heterocycles. The van der Waals surface area contributed by atoms with Gasteiger partial charge in [0.05, 0.1) is 6.54 Å². The van der Waals surface area contributed by atoms with E-state index >= 15 is 0 Å². The first kappa shape index (κ1) is 14.1. The van der Waals surface area contributed by atoms with Crippen LogP contribution in [0.3, 0.4) is 0 Å². The van der Waals surface area contributed by atoms with E-state index in [1.807, 2.05) is 12.4 Å². The van der Waals surface area contributed by atoms with E-state index < -0.39 is 0 Å². The van der Waals surface area contributed by atoms with Crippen LogP contribution in [0.15, 0.2) is 12.4 Å². The van der Waals surface area contributed by atoms with Crippen molar-refractivity contribution >= 4 is 11.8 Å². The minimum Gasteiger partial charge on any atom is -0.354 e. The molecular formula is C15H22N4O2. The van der Waals surface area contributed by atoms with Gasteiger partial charge in [0.1, 0.15) is 5.82 Å². The van der Waals surface area contributed by atoms with E-state index in [1.165, 1.54) is 0 Å². The van der Waals surface area contributed by atoms with Crippen LogP contribution in [-0.4, -0.2) is 45.9 Å². The van der Waals surface area contributed by atoms with Crippen LogP contribution >= 0.6 is 0 Å². The minimum absolute atomic E-state index is 0.0424. The second kappa shape index (κ2) is 6.28. The molecule has 0 spiro atoms. The number of aryl methyl sites for hydroxylation is 1. The van der Waals surface area contributed by atoms with Crippen molar-refractivity contribution < 1.29 is 9.59 Å². The number of piperidine rings is 1. The van der Waals surface area contributed by atoms with Gasteiger partial charge in [-0.3, -0.25) is 9.59 Å². The van der Waals surface area contributed by atoms with Gasteiger partial charge in [-0.05, 0) is 25.2 Å². The van der Waals surface area contributed by atoms with Crippen molar-refractivity contribution in [3.8, 4) is 0 Å². The number of rotatable bonds is 4. The van der Waals surface area contributed by atoms with Crippen molar-refractivity contribution in [3.63, 3.8) is 0 Å². The molecule has 3 rings (SSSR count). The standard InChI is InChI=1S/C15H22N4O2/c20-14(11-19-6-2-1-3-15(19)21)17-10-12-4-7-18-8-5-16-13(18)9-12/h5,8,12H,1-4,6-7,9-11H2,(H,17,20)/t12-/m1/s1. The Bertz CT molecular complexity index is 525. The molecule has 1 atom stereocenters.